The molecular weight excluding hydrogens is 435 g/mol. The van der Waals surface area contributed by atoms with Gasteiger partial charge in [0.2, 0.25) is 0 Å². The van der Waals surface area contributed by atoms with Crippen LogP contribution in [-0.4, -0.2) is 17.6 Å². The van der Waals surface area contributed by atoms with Crippen molar-refractivity contribution in [3.8, 4) is 16.9 Å². The number of nitrogens with one attached hydrogen (secondary N) is 1. The first-order valence-electron chi connectivity index (χ1n) is 9.43. The molecule has 7 heteroatoms. The first kappa shape index (κ1) is 21.0. The molecule has 4 aromatic rings. The molecular formula is C24H18Cl2N2O3. The van der Waals surface area contributed by atoms with Gasteiger partial charge in [-0.05, 0) is 48.0 Å². The van der Waals surface area contributed by atoms with Gasteiger partial charge in [-0.15, -0.1) is 0 Å². The number of hydrogen-bond donors (Lipinski definition) is 1. The fourth-order valence-electron chi connectivity index (χ4n) is 3.51. The zero-order chi connectivity index (χ0) is 22.1. The third-order valence-electron chi connectivity index (χ3n) is 5.10. The first-order chi connectivity index (χ1) is 14.9. The monoisotopic (exact) mass is 452 g/mol. The molecule has 0 bridgehead atoms. The minimum Gasteiger partial charge on any atom is -0.497 e. The van der Waals surface area contributed by atoms with Gasteiger partial charge in [-0.3, -0.25) is 9.59 Å². The fraction of sp³-hybridized carbons (Fsp3) is 0.0833. The van der Waals surface area contributed by atoms with Gasteiger partial charge in [-0.25, -0.2) is 0 Å². The van der Waals surface area contributed by atoms with Crippen LogP contribution in [-0.2, 0) is 7.05 Å². The number of halogens is 2. The van der Waals surface area contributed by atoms with E-state index in [1.165, 1.54) is 6.07 Å². The van der Waals surface area contributed by atoms with Crippen molar-refractivity contribution in [3.05, 3.63) is 92.6 Å². The zero-order valence-electron chi connectivity index (χ0n) is 16.8. The van der Waals surface area contributed by atoms with E-state index in [4.69, 9.17) is 27.9 Å². The number of aromatic nitrogens is 1. The maximum absolute atomic E-state index is 13.4. The lowest BCUT2D eigenvalue weighted by molar-refractivity contribution is 0.102. The lowest BCUT2D eigenvalue weighted by atomic mass is 10.0. The third kappa shape index (κ3) is 3.90. The van der Waals surface area contributed by atoms with Crippen LogP contribution in [0.25, 0.3) is 22.0 Å². The van der Waals surface area contributed by atoms with E-state index >= 15 is 0 Å². The summed E-state index contributed by atoms with van der Waals surface area (Å²) >= 11 is 12.2. The number of carbonyl (C=O) groups excluding carboxylic acids is 1. The van der Waals surface area contributed by atoms with Gasteiger partial charge in [-0.2, -0.15) is 0 Å². The lowest BCUT2D eigenvalue weighted by Gasteiger charge is -2.18. The molecule has 3 aromatic carbocycles. The maximum atomic E-state index is 13.4. The smallest absolute Gasteiger partial charge is 0.258 e. The van der Waals surface area contributed by atoms with Crippen LogP contribution in [0.4, 0.5) is 5.82 Å². The molecule has 0 spiro atoms. The number of methoxy groups -OCH3 is 1. The van der Waals surface area contributed by atoms with Gasteiger partial charge in [0.25, 0.3) is 5.91 Å². The molecule has 0 aliphatic rings. The quantitative estimate of drug-likeness (QED) is 0.427. The molecule has 0 radical (unpaired) electrons. The largest absolute Gasteiger partial charge is 0.497 e. The molecule has 1 amide bonds. The predicted octanol–water partition coefficient (Wildman–Crippen LogP) is 5.77. The average Bonchev–Trinajstić information content (AvgIpc) is 2.77. The highest BCUT2D eigenvalue weighted by molar-refractivity contribution is 6.37. The number of para-hydroxylation sites is 1. The van der Waals surface area contributed by atoms with Crippen LogP contribution in [0.1, 0.15) is 10.4 Å². The van der Waals surface area contributed by atoms with Gasteiger partial charge < -0.3 is 14.6 Å². The van der Waals surface area contributed by atoms with Crippen LogP contribution < -0.4 is 15.5 Å². The van der Waals surface area contributed by atoms with Crippen molar-refractivity contribution in [2.24, 2.45) is 7.05 Å². The van der Waals surface area contributed by atoms with Crippen LogP contribution >= 0.6 is 23.2 Å². The van der Waals surface area contributed by atoms with Gasteiger partial charge >= 0.3 is 0 Å². The summed E-state index contributed by atoms with van der Waals surface area (Å²) in [6.07, 6.45) is 0. The van der Waals surface area contributed by atoms with Crippen LogP contribution in [0.5, 0.6) is 5.75 Å². The summed E-state index contributed by atoms with van der Waals surface area (Å²) < 4.78 is 7.02. The average molecular weight is 453 g/mol. The normalized spacial score (nSPS) is 10.8. The summed E-state index contributed by atoms with van der Waals surface area (Å²) in [4.78, 5) is 26.5. The Bertz CT molecular complexity index is 1360. The number of nitrogens with zero attached hydrogens (tertiary/aromatic N) is 1. The minimum atomic E-state index is -0.443. The summed E-state index contributed by atoms with van der Waals surface area (Å²) in [7, 11) is 3.37. The zero-order valence-corrected chi connectivity index (χ0v) is 18.3. The molecule has 0 saturated carbocycles. The van der Waals surface area contributed by atoms with Crippen molar-refractivity contribution in [3.63, 3.8) is 0 Å². The molecule has 31 heavy (non-hydrogen) atoms. The number of amides is 1. The molecule has 1 N–H and O–H groups in total. The molecule has 0 aliphatic carbocycles. The molecule has 1 aromatic heterocycles. The Kier molecular flexibility index (Phi) is 5.72. The number of ether oxygens (including phenoxy) is 1. The van der Waals surface area contributed by atoms with Gasteiger partial charge in [0.15, 0.2) is 5.43 Å². The Morgan fingerprint density at radius 3 is 2.39 bits per heavy atom. The number of anilines is 1. The van der Waals surface area contributed by atoms with Gasteiger partial charge in [0, 0.05) is 17.5 Å². The highest BCUT2D eigenvalue weighted by Gasteiger charge is 2.20. The van der Waals surface area contributed by atoms with E-state index in [9.17, 15) is 9.59 Å². The molecule has 0 aliphatic heterocycles. The molecule has 0 unspecified atom stereocenters. The van der Waals surface area contributed by atoms with Crippen molar-refractivity contribution in [2.45, 2.75) is 0 Å². The summed E-state index contributed by atoms with van der Waals surface area (Å²) in [6, 6.07) is 19.0. The molecule has 4 rings (SSSR count). The number of benzene rings is 3. The number of carbonyl (C=O) groups is 1. The van der Waals surface area contributed by atoms with E-state index in [2.05, 4.69) is 5.32 Å². The second-order valence-electron chi connectivity index (χ2n) is 6.94. The second kappa shape index (κ2) is 8.46. The number of pyridine rings is 1. The van der Waals surface area contributed by atoms with Crippen LogP contribution in [0.15, 0.2) is 71.5 Å². The third-order valence-corrected chi connectivity index (χ3v) is 5.64. The standard InChI is InChI=1S/C24H18Cl2N2O3/c1-28-20-6-4-3-5-18(20)22(29)21(14-7-10-16(31-2)11-8-14)23(28)27-24(30)17-12-9-15(25)13-19(17)26/h3-13H,1-2H3,(H,27,30). The molecule has 0 fully saturated rings. The Balaban J connectivity index is 1.93. The Morgan fingerprint density at radius 2 is 1.71 bits per heavy atom. The number of rotatable bonds is 4. The topological polar surface area (TPSA) is 60.3 Å². The summed E-state index contributed by atoms with van der Waals surface area (Å²) in [6.45, 7) is 0. The number of fused-ring (bicyclic) bond motifs is 1. The van der Waals surface area contributed by atoms with Crippen LogP contribution in [0.2, 0.25) is 10.0 Å². The Labute approximate surface area is 188 Å². The summed E-state index contributed by atoms with van der Waals surface area (Å²) in [5, 5.41) is 4.09. The fourth-order valence-corrected chi connectivity index (χ4v) is 4.00. The van der Waals surface area contributed by atoms with E-state index < -0.39 is 5.91 Å². The van der Waals surface area contributed by atoms with Crippen LogP contribution in [0, 0.1) is 0 Å². The molecule has 5 nitrogen and oxygen atoms in total. The SMILES string of the molecule is COc1ccc(-c2c(NC(=O)c3ccc(Cl)cc3Cl)n(C)c3ccccc3c2=O)cc1. The first-order valence-corrected chi connectivity index (χ1v) is 10.2. The Hall–Kier alpha value is -3.28. The van der Waals surface area contributed by atoms with E-state index in [1.54, 1.807) is 61.2 Å². The predicted molar refractivity (Wildman–Crippen MR) is 126 cm³/mol. The molecule has 0 saturated heterocycles. The van der Waals surface area contributed by atoms with Crippen molar-refractivity contribution >= 4 is 45.8 Å². The van der Waals surface area contributed by atoms with Crippen molar-refractivity contribution in [2.75, 3.05) is 12.4 Å². The number of aryl methyl sites for hydroxylation is 1. The number of hydrogen-bond acceptors (Lipinski definition) is 3. The summed E-state index contributed by atoms with van der Waals surface area (Å²) in [5.74, 6) is 0.589. The Morgan fingerprint density at radius 1 is 1.00 bits per heavy atom. The van der Waals surface area contributed by atoms with E-state index in [-0.39, 0.29) is 16.0 Å². The van der Waals surface area contributed by atoms with Crippen molar-refractivity contribution in [1.29, 1.82) is 0 Å². The van der Waals surface area contributed by atoms with E-state index in [0.29, 0.717) is 38.6 Å². The molecule has 1 heterocycles. The highest BCUT2D eigenvalue weighted by Crippen LogP contribution is 2.30. The van der Waals surface area contributed by atoms with Crippen molar-refractivity contribution < 1.29 is 9.53 Å². The second-order valence-corrected chi connectivity index (χ2v) is 7.78. The van der Waals surface area contributed by atoms with E-state index in [0.717, 1.165) is 0 Å². The molecule has 0 atom stereocenters. The van der Waals surface area contributed by atoms with Crippen molar-refractivity contribution in [1.82, 2.24) is 4.57 Å². The van der Waals surface area contributed by atoms with Gasteiger partial charge in [0.05, 0.1) is 28.8 Å². The highest BCUT2D eigenvalue weighted by atomic mass is 35.5. The van der Waals surface area contributed by atoms with E-state index in [1.807, 2.05) is 18.2 Å². The minimum absolute atomic E-state index is 0.184. The van der Waals surface area contributed by atoms with Gasteiger partial charge in [0.1, 0.15) is 11.6 Å². The van der Waals surface area contributed by atoms with Crippen LogP contribution in [0.3, 0.4) is 0 Å². The maximum Gasteiger partial charge on any atom is 0.258 e. The van der Waals surface area contributed by atoms with Gasteiger partial charge in [-0.1, -0.05) is 47.5 Å². The lowest BCUT2D eigenvalue weighted by Crippen LogP contribution is -2.21. The summed E-state index contributed by atoms with van der Waals surface area (Å²) in [5.41, 5.74) is 1.80. The molecule has 156 valence electrons.